The lowest BCUT2D eigenvalue weighted by molar-refractivity contribution is -0.152. The molecule has 1 amide bonds. The molecule has 0 unspecified atom stereocenters. The molecule has 7 heteroatoms. The summed E-state index contributed by atoms with van der Waals surface area (Å²) in [5, 5.41) is 18.3. The maximum absolute atomic E-state index is 12.6. The number of carbonyl (C=O) groups excluding carboxylic acids is 1. The van der Waals surface area contributed by atoms with Gasteiger partial charge in [-0.1, -0.05) is 60.7 Å². The first-order valence-corrected chi connectivity index (χ1v) is 12.2. The number of aliphatic carboxylic acids is 1. The van der Waals surface area contributed by atoms with E-state index in [1.807, 2.05) is 32.2 Å². The summed E-state index contributed by atoms with van der Waals surface area (Å²) in [4.78, 5) is 23.9. The van der Waals surface area contributed by atoms with Crippen molar-refractivity contribution < 1.29 is 19.4 Å². The molecular weight excluding hydrogens is 466 g/mol. The summed E-state index contributed by atoms with van der Waals surface area (Å²) < 4.78 is 5.63. The second kappa shape index (κ2) is 11.7. The number of nitrogens with zero attached hydrogens (tertiary/aromatic N) is 2. The van der Waals surface area contributed by atoms with E-state index in [0.717, 1.165) is 16.7 Å². The monoisotopic (exact) mass is 501 g/mol. The molecule has 3 rings (SSSR count). The van der Waals surface area contributed by atoms with Crippen molar-refractivity contribution in [3.8, 4) is 16.9 Å². The summed E-state index contributed by atoms with van der Waals surface area (Å²) >= 11 is 0. The second-order valence-corrected chi connectivity index (χ2v) is 9.71. The molecule has 37 heavy (non-hydrogen) atoms. The van der Waals surface area contributed by atoms with Crippen LogP contribution < -0.4 is 10.1 Å². The number of ether oxygens (including phenoxy) is 1. The van der Waals surface area contributed by atoms with Crippen LogP contribution in [0.4, 0.5) is 0 Å². The Morgan fingerprint density at radius 1 is 0.973 bits per heavy atom. The highest BCUT2D eigenvalue weighted by Crippen LogP contribution is 2.25. The van der Waals surface area contributed by atoms with Gasteiger partial charge >= 0.3 is 5.97 Å². The molecular formula is C30H35N3O4. The summed E-state index contributed by atoms with van der Waals surface area (Å²) in [6.45, 7) is 9.53. The van der Waals surface area contributed by atoms with Crippen molar-refractivity contribution in [2.75, 3.05) is 7.05 Å². The number of hydrazone groups is 1. The number of nitrogens with one attached hydrogen (secondary N) is 1. The SMILES string of the molecule is C/C(=N\N(C)Cc1ccc(-c2ccccc2C)cc1)C(=O)NCc1ccc(OC(C)(C)C(=O)O)c(C)c1. The van der Waals surface area contributed by atoms with Crippen molar-refractivity contribution in [3.05, 3.63) is 89.0 Å². The van der Waals surface area contributed by atoms with Crippen LogP contribution in [0.3, 0.4) is 0 Å². The summed E-state index contributed by atoms with van der Waals surface area (Å²) in [5.74, 6) is -0.803. The van der Waals surface area contributed by atoms with Crippen LogP contribution in [-0.2, 0) is 22.7 Å². The Morgan fingerprint density at radius 2 is 1.62 bits per heavy atom. The largest absolute Gasteiger partial charge is 0.478 e. The highest BCUT2D eigenvalue weighted by atomic mass is 16.5. The van der Waals surface area contributed by atoms with Gasteiger partial charge in [0, 0.05) is 13.6 Å². The Balaban J connectivity index is 1.55. The average Bonchev–Trinajstić information content (AvgIpc) is 2.84. The highest BCUT2D eigenvalue weighted by molar-refractivity contribution is 6.37. The number of benzene rings is 3. The molecule has 0 saturated heterocycles. The van der Waals surface area contributed by atoms with E-state index in [0.29, 0.717) is 24.6 Å². The van der Waals surface area contributed by atoms with Gasteiger partial charge in [0.15, 0.2) is 5.60 Å². The molecule has 3 aromatic carbocycles. The normalized spacial score (nSPS) is 11.7. The third-order valence-electron chi connectivity index (χ3n) is 6.04. The van der Waals surface area contributed by atoms with E-state index < -0.39 is 11.6 Å². The van der Waals surface area contributed by atoms with Gasteiger partial charge in [-0.25, -0.2) is 4.79 Å². The summed E-state index contributed by atoms with van der Waals surface area (Å²) in [7, 11) is 1.84. The molecule has 2 N–H and O–H groups in total. The average molecular weight is 502 g/mol. The standard InChI is InChI=1S/C30H35N3O4/c1-20-9-7-8-10-26(20)25-14-11-23(12-15-25)19-33(6)32-22(3)28(34)31-18-24-13-16-27(21(2)17-24)37-30(4,5)29(35)36/h7-17H,18-19H2,1-6H3,(H,31,34)(H,35,36)/b32-22+. The zero-order valence-corrected chi connectivity index (χ0v) is 22.3. The molecule has 0 radical (unpaired) electrons. The van der Waals surface area contributed by atoms with E-state index in [2.05, 4.69) is 53.7 Å². The molecule has 0 fully saturated rings. The van der Waals surface area contributed by atoms with Crippen molar-refractivity contribution in [1.29, 1.82) is 0 Å². The number of carboxylic acids is 1. The Morgan fingerprint density at radius 3 is 2.24 bits per heavy atom. The minimum absolute atomic E-state index is 0.258. The second-order valence-electron chi connectivity index (χ2n) is 9.71. The first-order chi connectivity index (χ1) is 17.5. The quantitative estimate of drug-likeness (QED) is 0.289. The van der Waals surface area contributed by atoms with Gasteiger partial charge in [0.25, 0.3) is 5.91 Å². The van der Waals surface area contributed by atoms with Crippen LogP contribution in [0.15, 0.2) is 71.8 Å². The lowest BCUT2D eigenvalue weighted by Gasteiger charge is -2.23. The van der Waals surface area contributed by atoms with Crippen molar-refractivity contribution >= 4 is 17.6 Å². The molecule has 0 bridgehead atoms. The molecule has 0 aromatic heterocycles. The van der Waals surface area contributed by atoms with E-state index in [-0.39, 0.29) is 5.91 Å². The van der Waals surface area contributed by atoms with Crippen LogP contribution in [0.5, 0.6) is 5.75 Å². The minimum atomic E-state index is -1.33. The van der Waals surface area contributed by atoms with E-state index >= 15 is 0 Å². The molecule has 0 heterocycles. The van der Waals surface area contributed by atoms with E-state index in [1.54, 1.807) is 24.1 Å². The fourth-order valence-electron chi connectivity index (χ4n) is 3.85. The van der Waals surface area contributed by atoms with Crippen LogP contribution in [0.1, 0.15) is 43.0 Å². The fraction of sp³-hybridized carbons (Fsp3) is 0.300. The van der Waals surface area contributed by atoms with Crippen LogP contribution in [0, 0.1) is 13.8 Å². The number of carboxylic acid groups (broad SMARTS) is 1. The van der Waals surface area contributed by atoms with Crippen molar-refractivity contribution in [3.63, 3.8) is 0 Å². The highest BCUT2D eigenvalue weighted by Gasteiger charge is 2.29. The molecule has 0 saturated carbocycles. The minimum Gasteiger partial charge on any atom is -0.478 e. The Kier molecular flexibility index (Phi) is 8.71. The molecule has 0 aliphatic rings. The van der Waals surface area contributed by atoms with Crippen molar-refractivity contribution in [2.45, 2.75) is 53.3 Å². The van der Waals surface area contributed by atoms with Gasteiger partial charge < -0.3 is 15.2 Å². The first-order valence-electron chi connectivity index (χ1n) is 12.2. The number of hydrogen-bond acceptors (Lipinski definition) is 5. The Labute approximate surface area is 218 Å². The molecule has 194 valence electrons. The molecule has 3 aromatic rings. The van der Waals surface area contributed by atoms with Gasteiger partial charge in [0.2, 0.25) is 0 Å². The summed E-state index contributed by atoms with van der Waals surface area (Å²) in [6, 6.07) is 22.1. The van der Waals surface area contributed by atoms with E-state index in [1.165, 1.54) is 30.5 Å². The van der Waals surface area contributed by atoms with Gasteiger partial charge in [-0.3, -0.25) is 9.80 Å². The Bertz CT molecular complexity index is 1300. The predicted molar refractivity (Wildman–Crippen MR) is 147 cm³/mol. The molecule has 0 aliphatic carbocycles. The van der Waals surface area contributed by atoms with Crippen molar-refractivity contribution in [1.82, 2.24) is 10.3 Å². The third kappa shape index (κ3) is 7.43. The van der Waals surface area contributed by atoms with E-state index in [4.69, 9.17) is 4.74 Å². The lowest BCUT2D eigenvalue weighted by Crippen LogP contribution is -2.38. The van der Waals surface area contributed by atoms with Crippen LogP contribution in [0.2, 0.25) is 0 Å². The van der Waals surface area contributed by atoms with Gasteiger partial charge in [-0.2, -0.15) is 5.10 Å². The number of amides is 1. The van der Waals surface area contributed by atoms with Gasteiger partial charge in [-0.15, -0.1) is 0 Å². The van der Waals surface area contributed by atoms with Crippen molar-refractivity contribution in [2.24, 2.45) is 5.10 Å². The maximum Gasteiger partial charge on any atom is 0.347 e. The smallest absolute Gasteiger partial charge is 0.347 e. The zero-order valence-electron chi connectivity index (χ0n) is 22.3. The molecule has 0 spiro atoms. The number of hydrogen-bond donors (Lipinski definition) is 2. The predicted octanol–water partition coefficient (Wildman–Crippen LogP) is 5.34. The molecule has 0 aliphatic heterocycles. The first kappa shape index (κ1) is 27.5. The van der Waals surface area contributed by atoms with Crippen LogP contribution >= 0.6 is 0 Å². The number of carbonyl (C=O) groups is 2. The number of rotatable bonds is 10. The summed E-state index contributed by atoms with van der Waals surface area (Å²) in [6.07, 6.45) is 0. The lowest BCUT2D eigenvalue weighted by atomic mass is 10.00. The fourth-order valence-corrected chi connectivity index (χ4v) is 3.85. The topological polar surface area (TPSA) is 91.2 Å². The van der Waals surface area contributed by atoms with Crippen LogP contribution in [0.25, 0.3) is 11.1 Å². The summed E-state index contributed by atoms with van der Waals surface area (Å²) in [5.41, 5.74) is 5.42. The van der Waals surface area contributed by atoms with Gasteiger partial charge in [-0.05, 0) is 74.1 Å². The van der Waals surface area contributed by atoms with Gasteiger partial charge in [0.1, 0.15) is 11.5 Å². The zero-order chi connectivity index (χ0) is 27.2. The van der Waals surface area contributed by atoms with Gasteiger partial charge in [0.05, 0.1) is 6.54 Å². The maximum atomic E-state index is 12.6. The van der Waals surface area contributed by atoms with E-state index in [9.17, 15) is 14.7 Å². The van der Waals surface area contributed by atoms with Crippen LogP contribution in [-0.4, -0.2) is 40.4 Å². The Hall–Kier alpha value is -4.13. The molecule has 0 atom stereocenters. The third-order valence-corrected chi connectivity index (χ3v) is 6.04. The number of aryl methyl sites for hydroxylation is 2. The molecule has 7 nitrogen and oxygen atoms in total.